The molecule has 3 heterocycles. The lowest BCUT2D eigenvalue weighted by Crippen LogP contribution is -2.30. The van der Waals surface area contributed by atoms with Crippen molar-refractivity contribution in [1.82, 2.24) is 9.97 Å². The lowest BCUT2D eigenvalue weighted by atomic mass is 10.0. The van der Waals surface area contributed by atoms with Crippen molar-refractivity contribution >= 4 is 28.2 Å². The number of carbonyl (C=O) groups is 1. The zero-order valence-corrected chi connectivity index (χ0v) is 17.1. The molecule has 8 nitrogen and oxygen atoms in total. The molecule has 0 radical (unpaired) electrons. The molecule has 5 N–H and O–H groups in total. The summed E-state index contributed by atoms with van der Waals surface area (Å²) in [5.74, 6) is 0.168. The molecule has 0 saturated carbocycles. The molecule has 0 aliphatic carbocycles. The number of hydrogen-bond acceptors (Lipinski definition) is 6. The average Bonchev–Trinajstić information content (AvgIpc) is 3.37. The van der Waals surface area contributed by atoms with Gasteiger partial charge in [0.05, 0.1) is 11.9 Å². The van der Waals surface area contributed by atoms with Gasteiger partial charge in [-0.05, 0) is 41.8 Å². The maximum Gasteiger partial charge on any atom is 0.278 e. The van der Waals surface area contributed by atoms with Crippen LogP contribution in [0.3, 0.4) is 0 Å². The number of nitrogens with two attached hydrogens (primary N) is 1. The van der Waals surface area contributed by atoms with E-state index >= 15 is 0 Å². The SMILES string of the molecule is N[C@H](COc1cncc(-c2ccc3c(c2)/C(=N/O)C(=O)N3)c1)Cc1c[nH]c2ccccc12. The van der Waals surface area contributed by atoms with Crippen LogP contribution in [0.2, 0.25) is 0 Å². The van der Waals surface area contributed by atoms with Crippen molar-refractivity contribution in [3.8, 4) is 16.9 Å². The molecule has 1 aliphatic heterocycles. The van der Waals surface area contributed by atoms with Crippen molar-refractivity contribution in [1.29, 1.82) is 0 Å². The molecule has 160 valence electrons. The maximum absolute atomic E-state index is 11.9. The summed E-state index contributed by atoms with van der Waals surface area (Å²) in [5.41, 5.74) is 11.3. The fraction of sp³-hybridized carbons (Fsp3) is 0.125. The van der Waals surface area contributed by atoms with Crippen molar-refractivity contribution in [3.05, 3.63) is 78.2 Å². The zero-order valence-electron chi connectivity index (χ0n) is 17.1. The minimum absolute atomic E-state index is 0.00883. The number of nitrogens with zero attached hydrogens (tertiary/aromatic N) is 2. The number of fused-ring (bicyclic) bond motifs is 2. The molecule has 8 heteroatoms. The number of anilines is 1. The summed E-state index contributed by atoms with van der Waals surface area (Å²) in [5, 5.41) is 16.1. The Bertz CT molecular complexity index is 1340. The highest BCUT2D eigenvalue weighted by atomic mass is 16.5. The number of oxime groups is 1. The quantitative estimate of drug-likeness (QED) is 0.277. The summed E-state index contributed by atoms with van der Waals surface area (Å²) in [7, 11) is 0. The summed E-state index contributed by atoms with van der Waals surface area (Å²) >= 11 is 0. The largest absolute Gasteiger partial charge is 0.490 e. The van der Waals surface area contributed by atoms with E-state index in [9.17, 15) is 4.79 Å². The number of nitrogens with one attached hydrogen (secondary N) is 2. The first-order valence-electron chi connectivity index (χ1n) is 10.2. The Hall–Kier alpha value is -4.17. The molecule has 0 fully saturated rings. The number of pyridine rings is 1. The highest BCUT2D eigenvalue weighted by Gasteiger charge is 2.27. The summed E-state index contributed by atoms with van der Waals surface area (Å²) in [4.78, 5) is 19.4. The predicted octanol–water partition coefficient (Wildman–Crippen LogP) is 3.31. The van der Waals surface area contributed by atoms with Crippen molar-refractivity contribution in [2.24, 2.45) is 10.9 Å². The van der Waals surface area contributed by atoms with Gasteiger partial charge in [-0.3, -0.25) is 9.78 Å². The van der Waals surface area contributed by atoms with E-state index in [0.29, 0.717) is 30.0 Å². The highest BCUT2D eigenvalue weighted by molar-refractivity contribution is 6.53. The Balaban J connectivity index is 1.29. The van der Waals surface area contributed by atoms with E-state index in [1.165, 1.54) is 5.39 Å². The molecule has 0 spiro atoms. The van der Waals surface area contributed by atoms with Crippen LogP contribution in [0.15, 0.2) is 72.3 Å². The lowest BCUT2D eigenvalue weighted by molar-refractivity contribution is -0.110. The highest BCUT2D eigenvalue weighted by Crippen LogP contribution is 2.30. The van der Waals surface area contributed by atoms with Crippen LogP contribution in [-0.2, 0) is 11.2 Å². The predicted molar refractivity (Wildman–Crippen MR) is 122 cm³/mol. The van der Waals surface area contributed by atoms with Crippen LogP contribution in [0.5, 0.6) is 5.75 Å². The Morgan fingerprint density at radius 3 is 2.88 bits per heavy atom. The molecule has 32 heavy (non-hydrogen) atoms. The number of para-hydroxylation sites is 1. The maximum atomic E-state index is 11.9. The number of benzene rings is 2. The van der Waals surface area contributed by atoms with Gasteiger partial charge in [-0.1, -0.05) is 29.4 Å². The van der Waals surface area contributed by atoms with Crippen LogP contribution >= 0.6 is 0 Å². The fourth-order valence-corrected chi connectivity index (χ4v) is 3.93. The summed E-state index contributed by atoms with van der Waals surface area (Å²) in [6, 6.07) is 15.2. The molecule has 0 bridgehead atoms. The normalized spacial score (nSPS) is 15.0. The number of ether oxygens (including phenoxy) is 1. The van der Waals surface area contributed by atoms with E-state index in [-0.39, 0.29) is 11.8 Å². The molecule has 0 unspecified atom stereocenters. The number of carbonyl (C=O) groups excluding carboxylic acids is 1. The third kappa shape index (κ3) is 3.67. The first-order valence-corrected chi connectivity index (χ1v) is 10.2. The Morgan fingerprint density at radius 2 is 2.00 bits per heavy atom. The first-order chi connectivity index (χ1) is 15.6. The van der Waals surface area contributed by atoms with Gasteiger partial charge < -0.3 is 26.0 Å². The van der Waals surface area contributed by atoms with Crippen LogP contribution in [-0.4, -0.2) is 39.4 Å². The van der Waals surface area contributed by atoms with Gasteiger partial charge in [0.2, 0.25) is 0 Å². The number of aromatic amines is 1. The molecule has 1 aliphatic rings. The monoisotopic (exact) mass is 427 g/mol. The van der Waals surface area contributed by atoms with Crippen LogP contribution in [0.4, 0.5) is 5.69 Å². The van der Waals surface area contributed by atoms with Gasteiger partial charge in [-0.25, -0.2) is 0 Å². The van der Waals surface area contributed by atoms with E-state index in [2.05, 4.69) is 26.5 Å². The Labute approximate surface area is 183 Å². The lowest BCUT2D eigenvalue weighted by Gasteiger charge is -2.13. The third-order valence-electron chi connectivity index (χ3n) is 5.51. The van der Waals surface area contributed by atoms with Gasteiger partial charge in [-0.2, -0.15) is 0 Å². The average molecular weight is 427 g/mol. The number of amides is 1. The molecule has 2 aromatic heterocycles. The van der Waals surface area contributed by atoms with Crippen molar-refractivity contribution in [2.75, 3.05) is 11.9 Å². The number of H-pyrrole nitrogens is 1. The van der Waals surface area contributed by atoms with Crippen molar-refractivity contribution in [3.63, 3.8) is 0 Å². The smallest absolute Gasteiger partial charge is 0.278 e. The molecule has 1 amide bonds. The second kappa shape index (κ2) is 8.16. The van der Waals surface area contributed by atoms with Crippen LogP contribution in [0, 0.1) is 0 Å². The van der Waals surface area contributed by atoms with Gasteiger partial charge in [-0.15, -0.1) is 0 Å². The van der Waals surface area contributed by atoms with Crippen LogP contribution < -0.4 is 15.8 Å². The Kier molecular flexibility index (Phi) is 5.04. The zero-order chi connectivity index (χ0) is 22.1. The molecule has 0 saturated heterocycles. The summed E-state index contributed by atoms with van der Waals surface area (Å²) in [6.45, 7) is 0.342. The molecule has 1 atom stereocenters. The van der Waals surface area contributed by atoms with E-state index in [0.717, 1.165) is 22.2 Å². The molecule has 4 aromatic rings. The molecular formula is C24H21N5O3. The van der Waals surface area contributed by atoms with Gasteiger partial charge in [0.1, 0.15) is 12.4 Å². The first kappa shape index (κ1) is 19.8. The van der Waals surface area contributed by atoms with E-state index in [1.54, 1.807) is 24.5 Å². The van der Waals surface area contributed by atoms with Crippen LogP contribution in [0.25, 0.3) is 22.0 Å². The Morgan fingerprint density at radius 1 is 1.12 bits per heavy atom. The fourth-order valence-electron chi connectivity index (χ4n) is 3.93. The second-order valence-electron chi connectivity index (χ2n) is 7.71. The number of hydrogen-bond donors (Lipinski definition) is 4. The molecule has 2 aromatic carbocycles. The van der Waals surface area contributed by atoms with E-state index < -0.39 is 5.91 Å². The van der Waals surface area contributed by atoms with Gasteiger partial charge in [0, 0.05) is 40.5 Å². The number of aromatic nitrogens is 2. The van der Waals surface area contributed by atoms with E-state index in [4.69, 9.17) is 15.7 Å². The summed E-state index contributed by atoms with van der Waals surface area (Å²) < 4.78 is 5.91. The van der Waals surface area contributed by atoms with Crippen molar-refractivity contribution < 1.29 is 14.7 Å². The topological polar surface area (TPSA) is 126 Å². The van der Waals surface area contributed by atoms with Gasteiger partial charge in [0.25, 0.3) is 5.91 Å². The van der Waals surface area contributed by atoms with Gasteiger partial charge in [0.15, 0.2) is 5.71 Å². The minimum atomic E-state index is -0.431. The number of rotatable bonds is 6. The van der Waals surface area contributed by atoms with E-state index in [1.807, 2.05) is 36.5 Å². The minimum Gasteiger partial charge on any atom is -0.490 e. The molecule has 5 rings (SSSR count). The van der Waals surface area contributed by atoms with Crippen LogP contribution in [0.1, 0.15) is 11.1 Å². The standard InChI is InChI=1S/C24H21N5O3/c25-17(7-16-11-27-21-4-2-1-3-19(16)21)13-32-18-8-15(10-26-12-18)14-5-6-22-20(9-14)23(29-31)24(30)28-22/h1-6,8-12,17,27,31H,7,13,25H2,(H,28,29,30)/t17-/m0/s1. The third-order valence-corrected chi connectivity index (χ3v) is 5.51. The molecular weight excluding hydrogens is 406 g/mol. The summed E-state index contributed by atoms with van der Waals surface area (Å²) in [6.07, 6.45) is 6.03. The second-order valence-corrected chi connectivity index (χ2v) is 7.71. The van der Waals surface area contributed by atoms with Gasteiger partial charge >= 0.3 is 0 Å². The van der Waals surface area contributed by atoms with Crippen molar-refractivity contribution in [2.45, 2.75) is 12.5 Å².